The maximum Gasteiger partial charge on any atom is 1.00 e. The number of nitrogens with zero attached hydrogens (tertiary/aromatic N) is 3. The fourth-order valence-electron chi connectivity index (χ4n) is 3.53. The molecule has 6 atom stereocenters. The second-order valence-corrected chi connectivity index (χ2v) is 10.3. The van der Waals surface area contributed by atoms with Crippen LogP contribution < -0.4 is 45.7 Å². The molecule has 16 nitrogen and oxygen atoms in total. The normalized spacial score (nSPS) is 24.9. The molecule has 1 aliphatic rings. The molecule has 4 rings (SSSR count). The molecule has 1 saturated heterocycles. The van der Waals surface area contributed by atoms with E-state index in [4.69, 9.17) is 14.2 Å². The van der Waals surface area contributed by atoms with Crippen LogP contribution in [0.3, 0.4) is 0 Å². The number of fused-ring (bicyclic) bond motifs is 1. The molecule has 37 heavy (non-hydrogen) atoms. The Morgan fingerprint density at radius 1 is 1.16 bits per heavy atom. The molecule has 0 saturated carbocycles. The average Bonchev–Trinajstić information content (AvgIpc) is 3.31. The molecule has 2 aromatic heterocycles. The van der Waals surface area contributed by atoms with Crippen molar-refractivity contribution in [1.82, 2.24) is 14.3 Å². The van der Waals surface area contributed by atoms with Crippen molar-refractivity contribution >= 4 is 26.6 Å². The largest absolute Gasteiger partial charge is 1.00 e. The number of hydrogen-bond donors (Lipinski definition) is 4. The molecule has 3 aromatic rings. The maximum atomic E-state index is 13.9. The molecule has 196 valence electrons. The third-order valence-electron chi connectivity index (χ3n) is 5.15. The molecule has 0 radical (unpaired) electrons. The van der Waals surface area contributed by atoms with Crippen LogP contribution in [0.1, 0.15) is 11.9 Å². The van der Waals surface area contributed by atoms with Crippen LogP contribution in [0.4, 0.5) is 4.39 Å². The van der Waals surface area contributed by atoms with Gasteiger partial charge in [-0.25, -0.2) is 18.1 Å². The van der Waals surface area contributed by atoms with Crippen LogP contribution >= 0.6 is 15.6 Å². The summed E-state index contributed by atoms with van der Waals surface area (Å²) in [5.41, 5.74) is -1.95. The standard InChI is InChI=1S/C17H18FN3O13P2.Na/c18-9-3-1-2-8-10(19-33-15(8)9)6-21-12(22)4-5-20(17(21)25)16-14(24)13(23)11(32-16)7-31-36(29,30)34-35(26,27)28;/h1-5,11,13-14,16,23-24H,6-7H2,(H,29,30)(H2,26,27,28);/q;+1/p-1/t11-,13+,14?,16-;/m1./s1. The number of aromatic nitrogens is 3. The van der Waals surface area contributed by atoms with Gasteiger partial charge in [-0.3, -0.25) is 23.0 Å². The number of phosphoric ester groups is 1. The van der Waals surface area contributed by atoms with Crippen molar-refractivity contribution in [2.45, 2.75) is 31.1 Å². The fraction of sp³-hybridized carbons (Fsp3) is 0.353. The van der Waals surface area contributed by atoms with Gasteiger partial charge in [0.2, 0.25) is 5.58 Å². The van der Waals surface area contributed by atoms with Crippen LogP contribution in [-0.2, 0) is 29.2 Å². The van der Waals surface area contributed by atoms with Crippen LogP contribution in [0, 0.1) is 5.82 Å². The Kier molecular flexibility index (Phi) is 9.14. The van der Waals surface area contributed by atoms with E-state index in [0.29, 0.717) is 4.57 Å². The topological polar surface area (TPSA) is 236 Å². The number of aliphatic hydroxyl groups excluding tert-OH is 2. The summed E-state index contributed by atoms with van der Waals surface area (Å²) >= 11 is 0. The van der Waals surface area contributed by atoms with Crippen molar-refractivity contribution in [1.29, 1.82) is 0 Å². The Morgan fingerprint density at radius 3 is 2.54 bits per heavy atom. The predicted octanol–water partition coefficient (Wildman–Crippen LogP) is -4.44. The third-order valence-corrected chi connectivity index (χ3v) is 7.27. The second kappa shape index (κ2) is 11.3. The summed E-state index contributed by atoms with van der Waals surface area (Å²) in [6.07, 6.45) is -5.86. The van der Waals surface area contributed by atoms with Gasteiger partial charge in [0, 0.05) is 17.6 Å². The van der Waals surface area contributed by atoms with E-state index in [1.54, 1.807) is 0 Å². The number of ether oxygens (including phenoxy) is 1. The number of benzene rings is 1. The molecular weight excluding hydrogens is 558 g/mol. The van der Waals surface area contributed by atoms with Gasteiger partial charge in [0.05, 0.1) is 13.2 Å². The van der Waals surface area contributed by atoms with Crippen LogP contribution in [0.15, 0.2) is 44.6 Å². The van der Waals surface area contributed by atoms with E-state index in [1.807, 2.05) is 0 Å². The summed E-state index contributed by atoms with van der Waals surface area (Å²) in [5, 5.41) is 24.5. The zero-order valence-electron chi connectivity index (χ0n) is 18.7. The van der Waals surface area contributed by atoms with E-state index in [1.165, 1.54) is 12.1 Å². The first-order chi connectivity index (χ1) is 16.8. The van der Waals surface area contributed by atoms with Gasteiger partial charge in [0.1, 0.15) is 24.0 Å². The molecule has 3 unspecified atom stereocenters. The molecule has 1 aliphatic heterocycles. The van der Waals surface area contributed by atoms with Crippen LogP contribution in [0.2, 0.25) is 0 Å². The Bertz CT molecular complexity index is 1500. The molecule has 1 fully saturated rings. The van der Waals surface area contributed by atoms with Gasteiger partial charge >= 0.3 is 43.1 Å². The molecule has 4 N–H and O–H groups in total. The number of aliphatic hydroxyl groups is 2. The molecule has 0 spiro atoms. The number of para-hydroxylation sites is 1. The van der Waals surface area contributed by atoms with Crippen LogP contribution in [0.25, 0.3) is 11.0 Å². The zero-order valence-corrected chi connectivity index (χ0v) is 22.5. The number of rotatable bonds is 8. The Labute approximate surface area is 226 Å². The minimum atomic E-state index is -5.65. The first kappa shape index (κ1) is 30.0. The molecule has 3 heterocycles. The van der Waals surface area contributed by atoms with E-state index in [0.717, 1.165) is 22.9 Å². The van der Waals surface area contributed by atoms with Gasteiger partial charge in [-0.1, -0.05) is 11.2 Å². The first-order valence-electron chi connectivity index (χ1n) is 9.86. The summed E-state index contributed by atoms with van der Waals surface area (Å²) in [6.45, 7) is -1.46. The molecule has 0 bridgehead atoms. The summed E-state index contributed by atoms with van der Waals surface area (Å²) in [6, 6.07) is 4.92. The smallest absolute Gasteiger partial charge is 0.756 e. The quantitative estimate of drug-likeness (QED) is 0.147. The van der Waals surface area contributed by atoms with E-state index >= 15 is 0 Å². The van der Waals surface area contributed by atoms with Crippen molar-refractivity contribution in [3.05, 3.63) is 62.8 Å². The summed E-state index contributed by atoms with van der Waals surface area (Å²) in [5.74, 6) is -0.705. The van der Waals surface area contributed by atoms with E-state index in [9.17, 15) is 43.1 Å². The summed E-state index contributed by atoms with van der Waals surface area (Å²) in [4.78, 5) is 53.9. The van der Waals surface area contributed by atoms with E-state index in [2.05, 4.69) is 14.0 Å². The van der Waals surface area contributed by atoms with Crippen molar-refractivity contribution in [2.75, 3.05) is 6.61 Å². The molecule has 0 amide bonds. The monoisotopic (exact) mass is 575 g/mol. The minimum Gasteiger partial charge on any atom is -0.756 e. The van der Waals surface area contributed by atoms with Crippen molar-refractivity contribution in [3.63, 3.8) is 0 Å². The van der Waals surface area contributed by atoms with E-state index < -0.39 is 70.4 Å². The van der Waals surface area contributed by atoms with E-state index in [-0.39, 0.29) is 46.2 Å². The van der Waals surface area contributed by atoms with Gasteiger partial charge in [0.25, 0.3) is 13.4 Å². The van der Waals surface area contributed by atoms with Crippen LogP contribution in [-0.4, -0.2) is 59.2 Å². The van der Waals surface area contributed by atoms with Crippen molar-refractivity contribution in [3.8, 4) is 0 Å². The van der Waals surface area contributed by atoms with Gasteiger partial charge in [-0.2, -0.15) is 0 Å². The predicted molar refractivity (Wildman–Crippen MR) is 111 cm³/mol. The SMILES string of the molecule is O=c1ccn([C@@H]2O[C@H](COP(=O)(O)OP(=O)([O-])O)[C@H](O)C2O)c(=O)n1Cc1noc2c(F)cccc12.[Na+]. The van der Waals surface area contributed by atoms with Gasteiger partial charge in [0.15, 0.2) is 12.0 Å². The minimum absolute atomic E-state index is 0. The summed E-state index contributed by atoms with van der Waals surface area (Å²) in [7, 11) is -11.0. The molecule has 0 aliphatic carbocycles. The third kappa shape index (κ3) is 6.54. The van der Waals surface area contributed by atoms with Crippen molar-refractivity contribution in [2.24, 2.45) is 0 Å². The first-order valence-corrected chi connectivity index (χ1v) is 12.9. The number of phosphoric acid groups is 2. The summed E-state index contributed by atoms with van der Waals surface area (Å²) < 4.78 is 55.6. The number of halogens is 1. The van der Waals surface area contributed by atoms with Crippen molar-refractivity contribution < 1.29 is 86.1 Å². The van der Waals surface area contributed by atoms with Gasteiger partial charge < -0.3 is 34.2 Å². The maximum absolute atomic E-state index is 13.9. The Morgan fingerprint density at radius 2 is 1.86 bits per heavy atom. The molecule has 20 heteroatoms. The van der Waals surface area contributed by atoms with Gasteiger partial charge in [-0.15, -0.1) is 0 Å². The molecule has 1 aromatic carbocycles. The fourth-order valence-corrected chi connectivity index (χ4v) is 5.10. The average molecular weight is 575 g/mol. The van der Waals surface area contributed by atoms with Gasteiger partial charge in [-0.05, 0) is 12.1 Å². The molecular formula is C17H17FN3NaO13P2. The zero-order chi connectivity index (χ0) is 26.4. The number of hydrogen-bond acceptors (Lipinski definition) is 12. The second-order valence-electron chi connectivity index (χ2n) is 7.54. The van der Waals surface area contributed by atoms with Crippen LogP contribution in [0.5, 0.6) is 0 Å². The Hall–Kier alpha value is -1.56. The Balaban J connectivity index is 0.00000380.